The highest BCUT2D eigenvalue weighted by atomic mass is 35.5. The van der Waals surface area contributed by atoms with Crippen LogP contribution in [0.4, 0.5) is 0 Å². The second-order valence-electron chi connectivity index (χ2n) is 4.59. The smallest absolute Gasteiger partial charge is 0.251 e. The Morgan fingerprint density at radius 2 is 2.25 bits per heavy atom. The Kier molecular flexibility index (Phi) is 3.20. The molecule has 0 bridgehead atoms. The number of alkyl halides is 1. The molecular weight excluding hydrogens is 222 g/mol. The van der Waals surface area contributed by atoms with Gasteiger partial charge in [-0.05, 0) is 38.3 Å². The Bertz CT molecular complexity index is 393. The van der Waals surface area contributed by atoms with E-state index in [1.807, 2.05) is 31.2 Å². The number of nitrogens with one attached hydrogen (secondary N) is 1. The molecule has 0 radical (unpaired) electrons. The van der Waals surface area contributed by atoms with E-state index in [4.69, 9.17) is 11.6 Å². The predicted molar refractivity (Wildman–Crippen MR) is 65.9 cm³/mol. The van der Waals surface area contributed by atoms with Crippen LogP contribution in [0.3, 0.4) is 0 Å². The standard InChI is InChI=1S/C13H16ClNO/c1-10-4-2-5-11(8-10)12(16)15-13(9-14)6-3-7-13/h2,4-5,8H,3,6-7,9H2,1H3,(H,15,16). The number of amides is 1. The molecule has 0 saturated heterocycles. The van der Waals surface area contributed by atoms with Gasteiger partial charge in [-0.2, -0.15) is 0 Å². The lowest BCUT2D eigenvalue weighted by atomic mass is 9.78. The molecule has 1 N–H and O–H groups in total. The number of hydrogen-bond acceptors (Lipinski definition) is 1. The van der Waals surface area contributed by atoms with Crippen molar-refractivity contribution in [2.75, 3.05) is 5.88 Å². The van der Waals surface area contributed by atoms with Crippen molar-refractivity contribution in [2.24, 2.45) is 0 Å². The Hall–Kier alpha value is -1.02. The van der Waals surface area contributed by atoms with Crippen LogP contribution in [0.2, 0.25) is 0 Å². The molecule has 0 heterocycles. The largest absolute Gasteiger partial charge is 0.345 e. The molecule has 1 amide bonds. The highest BCUT2D eigenvalue weighted by Gasteiger charge is 2.37. The van der Waals surface area contributed by atoms with Crippen molar-refractivity contribution in [1.29, 1.82) is 0 Å². The van der Waals surface area contributed by atoms with Crippen LogP contribution in [-0.2, 0) is 0 Å². The summed E-state index contributed by atoms with van der Waals surface area (Å²) >= 11 is 5.91. The summed E-state index contributed by atoms with van der Waals surface area (Å²) in [6, 6.07) is 7.62. The maximum Gasteiger partial charge on any atom is 0.251 e. The van der Waals surface area contributed by atoms with Gasteiger partial charge in [-0.25, -0.2) is 0 Å². The molecule has 2 rings (SSSR count). The lowest BCUT2D eigenvalue weighted by molar-refractivity contribution is 0.0854. The molecule has 1 fully saturated rings. The average Bonchev–Trinajstić information content (AvgIpc) is 2.23. The van der Waals surface area contributed by atoms with Gasteiger partial charge in [-0.3, -0.25) is 4.79 Å². The molecule has 1 aliphatic carbocycles. The van der Waals surface area contributed by atoms with Crippen LogP contribution in [0.1, 0.15) is 35.2 Å². The summed E-state index contributed by atoms with van der Waals surface area (Å²) in [7, 11) is 0. The lowest BCUT2D eigenvalue weighted by Gasteiger charge is -2.41. The van der Waals surface area contributed by atoms with Crippen molar-refractivity contribution in [2.45, 2.75) is 31.7 Å². The lowest BCUT2D eigenvalue weighted by Crippen LogP contribution is -2.55. The van der Waals surface area contributed by atoms with Crippen molar-refractivity contribution >= 4 is 17.5 Å². The summed E-state index contributed by atoms with van der Waals surface area (Å²) in [5, 5.41) is 3.05. The Morgan fingerprint density at radius 3 is 2.75 bits per heavy atom. The first-order valence-electron chi connectivity index (χ1n) is 5.60. The molecule has 1 aliphatic rings. The Labute approximate surface area is 101 Å². The zero-order chi connectivity index (χ0) is 11.6. The van der Waals surface area contributed by atoms with Crippen molar-refractivity contribution in [3.63, 3.8) is 0 Å². The molecular formula is C13H16ClNO. The highest BCUT2D eigenvalue weighted by Crippen LogP contribution is 2.33. The third-order valence-corrected chi connectivity index (χ3v) is 3.74. The van der Waals surface area contributed by atoms with Crippen molar-refractivity contribution < 1.29 is 4.79 Å². The molecule has 16 heavy (non-hydrogen) atoms. The van der Waals surface area contributed by atoms with Crippen LogP contribution in [0.5, 0.6) is 0 Å². The quantitative estimate of drug-likeness (QED) is 0.805. The Morgan fingerprint density at radius 1 is 1.50 bits per heavy atom. The molecule has 2 nitrogen and oxygen atoms in total. The minimum Gasteiger partial charge on any atom is -0.345 e. The fraction of sp³-hybridized carbons (Fsp3) is 0.462. The molecule has 1 aromatic rings. The summed E-state index contributed by atoms with van der Waals surface area (Å²) in [6.45, 7) is 1.98. The molecule has 1 saturated carbocycles. The summed E-state index contributed by atoms with van der Waals surface area (Å²) in [5.41, 5.74) is 1.67. The van der Waals surface area contributed by atoms with Gasteiger partial charge in [0.05, 0.1) is 5.54 Å². The van der Waals surface area contributed by atoms with E-state index >= 15 is 0 Å². The monoisotopic (exact) mass is 237 g/mol. The number of carbonyl (C=O) groups is 1. The van der Waals surface area contributed by atoms with E-state index < -0.39 is 0 Å². The van der Waals surface area contributed by atoms with Gasteiger partial charge >= 0.3 is 0 Å². The average molecular weight is 238 g/mol. The van der Waals surface area contributed by atoms with E-state index in [0.29, 0.717) is 5.88 Å². The second kappa shape index (κ2) is 4.46. The normalized spacial score (nSPS) is 17.6. The maximum atomic E-state index is 12.0. The molecule has 0 atom stereocenters. The van der Waals surface area contributed by atoms with E-state index in [-0.39, 0.29) is 11.4 Å². The van der Waals surface area contributed by atoms with Gasteiger partial charge in [-0.15, -0.1) is 11.6 Å². The van der Waals surface area contributed by atoms with Crippen molar-refractivity contribution in [3.8, 4) is 0 Å². The fourth-order valence-electron chi connectivity index (χ4n) is 1.99. The first-order chi connectivity index (χ1) is 7.65. The van der Waals surface area contributed by atoms with Gasteiger partial charge in [0.15, 0.2) is 0 Å². The van der Waals surface area contributed by atoms with E-state index in [1.165, 1.54) is 0 Å². The molecule has 3 heteroatoms. The first kappa shape index (κ1) is 11.5. The summed E-state index contributed by atoms with van der Waals surface area (Å²) < 4.78 is 0. The maximum absolute atomic E-state index is 12.0. The van der Waals surface area contributed by atoms with E-state index in [2.05, 4.69) is 5.32 Å². The molecule has 1 aromatic carbocycles. The van der Waals surface area contributed by atoms with Gasteiger partial charge in [-0.1, -0.05) is 17.7 Å². The summed E-state index contributed by atoms with van der Waals surface area (Å²) in [4.78, 5) is 12.0. The van der Waals surface area contributed by atoms with Crippen LogP contribution in [-0.4, -0.2) is 17.3 Å². The number of aryl methyl sites for hydroxylation is 1. The number of carbonyl (C=O) groups excluding carboxylic acids is 1. The van der Waals surface area contributed by atoms with Gasteiger partial charge in [0, 0.05) is 11.4 Å². The van der Waals surface area contributed by atoms with E-state index in [9.17, 15) is 4.79 Å². The third-order valence-electron chi connectivity index (χ3n) is 3.23. The van der Waals surface area contributed by atoms with Crippen LogP contribution in [0.15, 0.2) is 24.3 Å². The Balaban J connectivity index is 2.08. The molecule has 0 unspecified atom stereocenters. The molecule has 0 aliphatic heterocycles. The SMILES string of the molecule is Cc1cccc(C(=O)NC2(CCl)CCC2)c1. The van der Waals surface area contributed by atoms with Crippen LogP contribution in [0.25, 0.3) is 0 Å². The van der Waals surface area contributed by atoms with E-state index in [1.54, 1.807) is 0 Å². The first-order valence-corrected chi connectivity index (χ1v) is 6.14. The van der Waals surface area contributed by atoms with Crippen LogP contribution in [0, 0.1) is 6.92 Å². The van der Waals surface area contributed by atoms with Crippen LogP contribution < -0.4 is 5.32 Å². The van der Waals surface area contributed by atoms with Crippen LogP contribution >= 0.6 is 11.6 Å². The number of halogens is 1. The number of hydrogen-bond donors (Lipinski definition) is 1. The predicted octanol–water partition coefficient (Wildman–Crippen LogP) is 2.89. The van der Waals surface area contributed by atoms with Crippen molar-refractivity contribution in [1.82, 2.24) is 5.32 Å². The fourth-order valence-corrected chi connectivity index (χ4v) is 2.33. The van der Waals surface area contributed by atoms with Crippen molar-refractivity contribution in [3.05, 3.63) is 35.4 Å². The minimum absolute atomic E-state index is 0.0101. The topological polar surface area (TPSA) is 29.1 Å². The van der Waals surface area contributed by atoms with Gasteiger partial charge in [0.2, 0.25) is 0 Å². The zero-order valence-electron chi connectivity index (χ0n) is 9.42. The number of benzene rings is 1. The summed E-state index contributed by atoms with van der Waals surface area (Å²) in [5.74, 6) is 0.494. The highest BCUT2D eigenvalue weighted by molar-refractivity contribution is 6.19. The summed E-state index contributed by atoms with van der Waals surface area (Å²) in [6.07, 6.45) is 3.14. The van der Waals surface area contributed by atoms with Gasteiger partial charge in [0.1, 0.15) is 0 Å². The molecule has 0 aromatic heterocycles. The van der Waals surface area contributed by atoms with E-state index in [0.717, 1.165) is 30.4 Å². The van der Waals surface area contributed by atoms with Gasteiger partial charge in [0.25, 0.3) is 5.91 Å². The third kappa shape index (κ3) is 2.22. The minimum atomic E-state index is -0.150. The molecule has 0 spiro atoms. The second-order valence-corrected chi connectivity index (χ2v) is 4.86. The van der Waals surface area contributed by atoms with Gasteiger partial charge < -0.3 is 5.32 Å². The molecule has 86 valence electrons. The number of rotatable bonds is 3. The zero-order valence-corrected chi connectivity index (χ0v) is 10.2.